The number of hydrogen-bond acceptors (Lipinski definition) is 5. The number of carbonyl (C=O) groups excluding carboxylic acids is 2. The van der Waals surface area contributed by atoms with Gasteiger partial charge in [0.2, 0.25) is 5.91 Å². The molecular formula is C27H32N4O2S. The minimum atomic E-state index is -0.427. The lowest BCUT2D eigenvalue weighted by atomic mass is 10.00. The first-order chi connectivity index (χ1) is 16.2. The van der Waals surface area contributed by atoms with E-state index in [1.807, 2.05) is 52.0 Å². The van der Waals surface area contributed by atoms with Crippen molar-refractivity contribution >= 4 is 46.0 Å². The molecule has 2 aromatic rings. The van der Waals surface area contributed by atoms with Gasteiger partial charge in [-0.2, -0.15) is 0 Å². The number of thioether (sulfide) groups is 1. The van der Waals surface area contributed by atoms with Gasteiger partial charge >= 0.3 is 0 Å². The number of para-hydroxylation sites is 1. The molecule has 2 aliphatic rings. The van der Waals surface area contributed by atoms with Crippen LogP contribution >= 0.6 is 11.8 Å². The SMILES string of the molecule is CC[C@H](SC1=Nc2ccccc2C2=N[C@@H]([C@@H](C)CC)C(=O)N12)C(=O)Nc1c(C)cc(C)cc1C. The van der Waals surface area contributed by atoms with Crippen LogP contribution in [0.5, 0.6) is 0 Å². The van der Waals surface area contributed by atoms with E-state index in [0.717, 1.165) is 34.5 Å². The molecule has 2 aliphatic heterocycles. The van der Waals surface area contributed by atoms with Gasteiger partial charge in [0.1, 0.15) is 11.9 Å². The molecule has 178 valence electrons. The topological polar surface area (TPSA) is 74.1 Å². The molecule has 6 nitrogen and oxygen atoms in total. The van der Waals surface area contributed by atoms with Crippen LogP contribution in [0.25, 0.3) is 0 Å². The highest BCUT2D eigenvalue weighted by Crippen LogP contribution is 2.37. The van der Waals surface area contributed by atoms with Crippen molar-refractivity contribution in [3.63, 3.8) is 0 Å². The van der Waals surface area contributed by atoms with E-state index in [2.05, 4.69) is 31.3 Å². The number of anilines is 1. The minimum Gasteiger partial charge on any atom is -0.325 e. The van der Waals surface area contributed by atoms with Crippen molar-refractivity contribution in [3.05, 3.63) is 58.7 Å². The van der Waals surface area contributed by atoms with Gasteiger partial charge in [0.25, 0.3) is 5.91 Å². The number of nitrogens with zero attached hydrogens (tertiary/aromatic N) is 3. The Balaban J connectivity index is 1.64. The van der Waals surface area contributed by atoms with Crippen LogP contribution < -0.4 is 5.32 Å². The first-order valence-electron chi connectivity index (χ1n) is 11.9. The Bertz CT molecular complexity index is 1180. The molecule has 0 aliphatic carbocycles. The molecule has 0 fully saturated rings. The molecule has 0 aromatic heterocycles. The van der Waals surface area contributed by atoms with Crippen LogP contribution in [0.2, 0.25) is 0 Å². The maximum atomic E-state index is 13.4. The van der Waals surface area contributed by atoms with Gasteiger partial charge in [-0.3, -0.25) is 14.6 Å². The summed E-state index contributed by atoms with van der Waals surface area (Å²) in [5.41, 5.74) is 5.72. The number of amidine groups is 2. The summed E-state index contributed by atoms with van der Waals surface area (Å²) in [4.78, 5) is 38.0. The Morgan fingerprint density at radius 2 is 1.79 bits per heavy atom. The van der Waals surface area contributed by atoms with E-state index < -0.39 is 11.3 Å². The largest absolute Gasteiger partial charge is 0.325 e. The van der Waals surface area contributed by atoms with Gasteiger partial charge in [-0.25, -0.2) is 9.89 Å². The minimum absolute atomic E-state index is 0.0643. The van der Waals surface area contributed by atoms with E-state index in [9.17, 15) is 9.59 Å². The van der Waals surface area contributed by atoms with Crippen molar-refractivity contribution in [2.24, 2.45) is 15.9 Å². The second-order valence-corrected chi connectivity index (χ2v) is 10.3. The zero-order valence-electron chi connectivity index (χ0n) is 20.7. The predicted octanol–water partition coefficient (Wildman–Crippen LogP) is 5.77. The second kappa shape index (κ2) is 9.74. The van der Waals surface area contributed by atoms with Crippen molar-refractivity contribution in [2.75, 3.05) is 5.32 Å². The van der Waals surface area contributed by atoms with E-state index >= 15 is 0 Å². The summed E-state index contributed by atoms with van der Waals surface area (Å²) in [5, 5.41) is 3.24. The summed E-state index contributed by atoms with van der Waals surface area (Å²) in [5.74, 6) is 0.615. The number of nitrogens with one attached hydrogen (secondary N) is 1. The molecule has 2 aromatic carbocycles. The molecular weight excluding hydrogens is 444 g/mol. The average Bonchev–Trinajstić information content (AvgIpc) is 3.16. The average molecular weight is 477 g/mol. The van der Waals surface area contributed by atoms with Crippen molar-refractivity contribution < 1.29 is 9.59 Å². The quantitative estimate of drug-likeness (QED) is 0.575. The monoisotopic (exact) mass is 476 g/mol. The highest BCUT2D eigenvalue weighted by molar-refractivity contribution is 8.15. The van der Waals surface area contributed by atoms with Gasteiger partial charge in [-0.1, -0.05) is 68.8 Å². The fourth-order valence-corrected chi connectivity index (χ4v) is 5.49. The van der Waals surface area contributed by atoms with Crippen LogP contribution in [0, 0.1) is 26.7 Å². The van der Waals surface area contributed by atoms with Crippen molar-refractivity contribution in [2.45, 2.75) is 65.7 Å². The number of aliphatic imine (C=N–C) groups is 2. The van der Waals surface area contributed by atoms with Gasteiger partial charge in [0.05, 0.1) is 10.9 Å². The van der Waals surface area contributed by atoms with Crippen molar-refractivity contribution in [1.29, 1.82) is 0 Å². The first-order valence-corrected chi connectivity index (χ1v) is 12.8. The molecule has 1 N–H and O–H groups in total. The summed E-state index contributed by atoms with van der Waals surface area (Å²) in [6, 6.07) is 11.4. The van der Waals surface area contributed by atoms with E-state index in [-0.39, 0.29) is 17.7 Å². The Hall–Kier alpha value is -2.93. The molecule has 0 saturated carbocycles. The second-order valence-electron chi connectivity index (χ2n) is 9.15. The van der Waals surface area contributed by atoms with E-state index in [0.29, 0.717) is 17.4 Å². The molecule has 7 heteroatoms. The number of fused-ring (bicyclic) bond motifs is 3. The van der Waals surface area contributed by atoms with Crippen molar-refractivity contribution in [3.8, 4) is 0 Å². The molecule has 34 heavy (non-hydrogen) atoms. The van der Waals surface area contributed by atoms with Crippen LogP contribution in [0.4, 0.5) is 11.4 Å². The third-order valence-electron chi connectivity index (χ3n) is 6.52. The van der Waals surface area contributed by atoms with Crippen molar-refractivity contribution in [1.82, 2.24) is 4.90 Å². The maximum absolute atomic E-state index is 13.4. The fourth-order valence-electron chi connectivity index (χ4n) is 4.47. The summed E-state index contributed by atoms with van der Waals surface area (Å²) in [6.45, 7) is 12.2. The van der Waals surface area contributed by atoms with Gasteiger partial charge in [-0.15, -0.1) is 0 Å². The lowest BCUT2D eigenvalue weighted by Gasteiger charge is -2.28. The zero-order valence-corrected chi connectivity index (χ0v) is 21.5. The lowest BCUT2D eigenvalue weighted by molar-refractivity contribution is -0.125. The molecule has 0 bridgehead atoms. The lowest BCUT2D eigenvalue weighted by Crippen LogP contribution is -2.43. The molecule has 2 heterocycles. The number of benzene rings is 2. The zero-order chi connectivity index (χ0) is 24.6. The molecule has 2 amide bonds. The fraction of sp³-hybridized carbons (Fsp3) is 0.407. The smallest absolute Gasteiger partial charge is 0.259 e. The third kappa shape index (κ3) is 4.41. The summed E-state index contributed by atoms with van der Waals surface area (Å²) >= 11 is 1.34. The van der Waals surface area contributed by atoms with E-state index in [4.69, 9.17) is 9.98 Å². The highest BCUT2D eigenvalue weighted by Gasteiger charge is 2.43. The van der Waals surface area contributed by atoms with E-state index in [1.54, 1.807) is 4.90 Å². The Morgan fingerprint density at radius 3 is 2.44 bits per heavy atom. The molecule has 0 unspecified atom stereocenters. The molecule has 0 radical (unpaired) electrons. The number of hydrogen-bond donors (Lipinski definition) is 1. The van der Waals surface area contributed by atoms with Crippen LogP contribution in [0.1, 0.15) is 55.9 Å². The molecule has 0 saturated heterocycles. The normalized spacial score (nSPS) is 18.6. The van der Waals surface area contributed by atoms with Gasteiger partial charge < -0.3 is 5.32 Å². The Labute approximate surface area is 205 Å². The number of amides is 2. The number of carbonyl (C=O) groups is 2. The van der Waals surface area contributed by atoms with Gasteiger partial charge in [0.15, 0.2) is 5.17 Å². The van der Waals surface area contributed by atoms with Crippen LogP contribution in [-0.4, -0.2) is 39.0 Å². The van der Waals surface area contributed by atoms with Crippen LogP contribution in [0.3, 0.4) is 0 Å². The predicted molar refractivity (Wildman–Crippen MR) is 141 cm³/mol. The van der Waals surface area contributed by atoms with Gasteiger partial charge in [-0.05, 0) is 56.4 Å². The maximum Gasteiger partial charge on any atom is 0.259 e. The highest BCUT2D eigenvalue weighted by atomic mass is 32.2. The van der Waals surface area contributed by atoms with E-state index in [1.165, 1.54) is 17.3 Å². The molecule has 0 spiro atoms. The van der Waals surface area contributed by atoms with Crippen LogP contribution in [0.15, 0.2) is 46.4 Å². The Kier molecular flexibility index (Phi) is 6.94. The summed E-state index contributed by atoms with van der Waals surface area (Å²) in [7, 11) is 0. The summed E-state index contributed by atoms with van der Waals surface area (Å²) < 4.78 is 0. The number of aryl methyl sites for hydroxylation is 3. The molecule has 3 atom stereocenters. The number of rotatable bonds is 6. The first kappa shape index (κ1) is 24.2. The Morgan fingerprint density at radius 1 is 1.12 bits per heavy atom. The standard InChI is InChI=1S/C27H32N4O2S/c1-7-16(4)23-26(33)31-24(29-23)19-11-9-10-12-20(19)28-27(31)34-21(8-2)25(32)30-22-17(5)13-15(3)14-18(22)6/h9-14,16,21,23H,7-8H2,1-6H3,(H,30,32)/t16-,21-,23-/m0/s1. The third-order valence-corrected chi connectivity index (χ3v) is 7.83. The van der Waals surface area contributed by atoms with Crippen LogP contribution in [-0.2, 0) is 9.59 Å². The summed E-state index contributed by atoms with van der Waals surface area (Å²) in [6.07, 6.45) is 1.46. The molecule has 4 rings (SSSR count). The van der Waals surface area contributed by atoms with Gasteiger partial charge in [0, 0.05) is 11.3 Å².